The van der Waals surface area contributed by atoms with Crippen molar-refractivity contribution in [3.8, 4) is 11.4 Å². The van der Waals surface area contributed by atoms with Gasteiger partial charge in [0.1, 0.15) is 11.3 Å². The van der Waals surface area contributed by atoms with E-state index in [1.165, 1.54) is 12.4 Å². The molecule has 0 fully saturated rings. The number of furan rings is 1. The summed E-state index contributed by atoms with van der Waals surface area (Å²) in [5.41, 5.74) is 2.13. The quantitative estimate of drug-likeness (QED) is 0.618. The number of nitrogens with zero attached hydrogens (tertiary/aromatic N) is 2. The molecule has 122 valence electrons. The largest absolute Gasteiger partial charge is 0.459 e. The van der Waals surface area contributed by atoms with Crippen molar-refractivity contribution >= 4 is 16.9 Å². The molecule has 0 unspecified atom stereocenters. The van der Waals surface area contributed by atoms with E-state index < -0.39 is 0 Å². The fourth-order valence-electron chi connectivity index (χ4n) is 2.58. The van der Waals surface area contributed by atoms with E-state index in [-0.39, 0.29) is 5.91 Å². The first kappa shape index (κ1) is 15.1. The molecule has 1 N–H and O–H groups in total. The summed E-state index contributed by atoms with van der Waals surface area (Å²) in [6.07, 6.45) is 3.06. The lowest BCUT2D eigenvalue weighted by Crippen LogP contribution is -2.22. The first-order valence-electron chi connectivity index (χ1n) is 7.93. The van der Waals surface area contributed by atoms with Crippen molar-refractivity contribution in [1.82, 2.24) is 15.3 Å². The van der Waals surface area contributed by atoms with Crippen LogP contribution in [0.5, 0.6) is 0 Å². The van der Waals surface area contributed by atoms with E-state index in [4.69, 9.17) is 4.42 Å². The van der Waals surface area contributed by atoms with Crippen molar-refractivity contribution in [2.75, 3.05) is 0 Å². The molecule has 0 saturated heterocycles. The summed E-state index contributed by atoms with van der Waals surface area (Å²) < 4.78 is 5.69. The molecule has 0 saturated carbocycles. The third kappa shape index (κ3) is 3.26. The zero-order valence-electron chi connectivity index (χ0n) is 13.3. The zero-order chi connectivity index (χ0) is 17.1. The Morgan fingerprint density at radius 3 is 2.44 bits per heavy atom. The second-order valence-electron chi connectivity index (χ2n) is 5.59. The molecule has 4 rings (SSSR count). The Hall–Kier alpha value is -3.47. The fourth-order valence-corrected chi connectivity index (χ4v) is 2.58. The minimum absolute atomic E-state index is 0.236. The molecule has 4 aromatic rings. The number of para-hydroxylation sites is 1. The highest BCUT2D eigenvalue weighted by atomic mass is 16.3. The average Bonchev–Trinajstić information content (AvgIpc) is 3.10. The fraction of sp³-hybridized carbons (Fsp3) is 0.0500. The Morgan fingerprint density at radius 2 is 1.68 bits per heavy atom. The maximum Gasteiger partial charge on any atom is 0.254 e. The van der Waals surface area contributed by atoms with E-state index in [0.717, 1.165) is 16.5 Å². The van der Waals surface area contributed by atoms with Crippen LogP contribution in [0.4, 0.5) is 0 Å². The second kappa shape index (κ2) is 6.57. The minimum atomic E-state index is -0.236. The Bertz CT molecular complexity index is 975. The Balaban J connectivity index is 1.44. The molecule has 0 aliphatic carbocycles. The molecule has 0 bridgehead atoms. The minimum Gasteiger partial charge on any atom is -0.459 e. The third-order valence-corrected chi connectivity index (χ3v) is 3.85. The second-order valence-corrected chi connectivity index (χ2v) is 5.59. The van der Waals surface area contributed by atoms with Crippen LogP contribution in [0.1, 0.15) is 16.1 Å². The van der Waals surface area contributed by atoms with E-state index in [1.54, 1.807) is 0 Å². The van der Waals surface area contributed by atoms with Crippen molar-refractivity contribution in [3.05, 3.63) is 84.4 Å². The lowest BCUT2D eigenvalue weighted by molar-refractivity contribution is 0.0947. The van der Waals surface area contributed by atoms with E-state index in [2.05, 4.69) is 15.3 Å². The number of nitrogens with one attached hydrogen (secondary N) is 1. The Morgan fingerprint density at radius 1 is 0.960 bits per heavy atom. The molecule has 5 nitrogen and oxygen atoms in total. The van der Waals surface area contributed by atoms with Gasteiger partial charge in [0.05, 0.1) is 12.1 Å². The van der Waals surface area contributed by atoms with E-state index in [0.29, 0.717) is 23.7 Å². The lowest BCUT2D eigenvalue weighted by atomic mass is 10.2. The van der Waals surface area contributed by atoms with Crippen molar-refractivity contribution in [2.45, 2.75) is 6.54 Å². The van der Waals surface area contributed by atoms with E-state index >= 15 is 0 Å². The summed E-state index contributed by atoms with van der Waals surface area (Å²) in [5.74, 6) is 1.06. The van der Waals surface area contributed by atoms with Crippen LogP contribution in [-0.2, 0) is 6.54 Å². The van der Waals surface area contributed by atoms with E-state index in [9.17, 15) is 4.79 Å². The van der Waals surface area contributed by atoms with Crippen molar-refractivity contribution in [2.24, 2.45) is 0 Å². The van der Waals surface area contributed by atoms with Gasteiger partial charge in [0.2, 0.25) is 0 Å². The maximum absolute atomic E-state index is 12.2. The van der Waals surface area contributed by atoms with Gasteiger partial charge in [-0.3, -0.25) is 4.79 Å². The molecule has 2 heterocycles. The van der Waals surface area contributed by atoms with Crippen LogP contribution in [0.25, 0.3) is 22.4 Å². The molecule has 1 amide bonds. The van der Waals surface area contributed by atoms with Crippen LogP contribution in [0.3, 0.4) is 0 Å². The van der Waals surface area contributed by atoms with Crippen LogP contribution < -0.4 is 5.32 Å². The summed E-state index contributed by atoms with van der Waals surface area (Å²) in [5, 5.41) is 3.84. The lowest BCUT2D eigenvalue weighted by Gasteiger charge is -2.04. The first-order valence-corrected chi connectivity index (χ1v) is 7.93. The first-order chi connectivity index (χ1) is 12.3. The molecule has 2 aromatic heterocycles. The van der Waals surface area contributed by atoms with Gasteiger partial charge < -0.3 is 9.73 Å². The molecular weight excluding hydrogens is 314 g/mol. The Labute approximate surface area is 144 Å². The summed E-state index contributed by atoms with van der Waals surface area (Å²) in [6, 6.07) is 19.3. The summed E-state index contributed by atoms with van der Waals surface area (Å²) in [6.45, 7) is 0.313. The summed E-state index contributed by atoms with van der Waals surface area (Å²) in [4.78, 5) is 20.8. The number of benzene rings is 2. The van der Waals surface area contributed by atoms with Crippen LogP contribution >= 0.6 is 0 Å². The van der Waals surface area contributed by atoms with Gasteiger partial charge in [-0.1, -0.05) is 48.5 Å². The zero-order valence-corrected chi connectivity index (χ0v) is 13.3. The molecule has 0 aliphatic heterocycles. The van der Waals surface area contributed by atoms with Crippen LogP contribution in [-0.4, -0.2) is 15.9 Å². The molecule has 0 spiro atoms. The van der Waals surface area contributed by atoms with Crippen molar-refractivity contribution in [1.29, 1.82) is 0 Å². The smallest absolute Gasteiger partial charge is 0.254 e. The molecule has 2 aromatic carbocycles. The predicted octanol–water partition coefficient (Wildman–Crippen LogP) is 3.82. The normalized spacial score (nSPS) is 10.7. The van der Waals surface area contributed by atoms with Gasteiger partial charge >= 0.3 is 0 Å². The summed E-state index contributed by atoms with van der Waals surface area (Å²) >= 11 is 0. The van der Waals surface area contributed by atoms with Crippen LogP contribution in [0.2, 0.25) is 0 Å². The van der Waals surface area contributed by atoms with Crippen molar-refractivity contribution < 1.29 is 9.21 Å². The average molecular weight is 329 g/mol. The highest BCUT2D eigenvalue weighted by molar-refractivity contribution is 5.93. The number of fused-ring (bicyclic) bond motifs is 1. The Kier molecular flexibility index (Phi) is 3.96. The monoisotopic (exact) mass is 329 g/mol. The summed E-state index contributed by atoms with van der Waals surface area (Å²) in [7, 11) is 0. The van der Waals surface area contributed by atoms with Crippen LogP contribution in [0.15, 0.2) is 77.5 Å². The maximum atomic E-state index is 12.2. The molecule has 0 atom stereocenters. The van der Waals surface area contributed by atoms with Crippen molar-refractivity contribution in [3.63, 3.8) is 0 Å². The van der Waals surface area contributed by atoms with Gasteiger partial charge in [0.15, 0.2) is 5.82 Å². The van der Waals surface area contributed by atoms with Gasteiger partial charge in [-0.05, 0) is 12.1 Å². The van der Waals surface area contributed by atoms with Gasteiger partial charge in [-0.15, -0.1) is 0 Å². The topological polar surface area (TPSA) is 68.0 Å². The number of hydrogen-bond acceptors (Lipinski definition) is 4. The molecular formula is C20H15N3O2. The van der Waals surface area contributed by atoms with Gasteiger partial charge in [-0.25, -0.2) is 9.97 Å². The number of aromatic nitrogens is 2. The van der Waals surface area contributed by atoms with Gasteiger partial charge in [0, 0.05) is 23.3 Å². The number of carbonyl (C=O) groups is 1. The number of carbonyl (C=O) groups excluding carboxylic acids is 1. The highest BCUT2D eigenvalue weighted by Gasteiger charge is 2.09. The molecule has 5 heteroatoms. The molecule has 0 aliphatic rings. The highest BCUT2D eigenvalue weighted by Crippen LogP contribution is 2.18. The van der Waals surface area contributed by atoms with Gasteiger partial charge in [0.25, 0.3) is 5.91 Å². The number of amides is 1. The number of rotatable bonds is 4. The predicted molar refractivity (Wildman–Crippen MR) is 94.9 cm³/mol. The van der Waals surface area contributed by atoms with E-state index in [1.807, 2.05) is 60.7 Å². The molecule has 0 radical (unpaired) electrons. The number of hydrogen-bond donors (Lipinski definition) is 1. The van der Waals surface area contributed by atoms with Gasteiger partial charge in [-0.2, -0.15) is 0 Å². The SMILES string of the molecule is O=C(NCc1cc2ccccc2o1)c1cnc(-c2ccccc2)nc1. The third-order valence-electron chi connectivity index (χ3n) is 3.85. The molecule has 25 heavy (non-hydrogen) atoms. The standard InChI is InChI=1S/C20H15N3O2/c24-20(23-13-17-10-15-8-4-5-9-18(15)25-17)16-11-21-19(22-12-16)14-6-2-1-3-7-14/h1-12H,13H2,(H,23,24). The van der Waals surface area contributed by atoms with Crippen LogP contribution in [0, 0.1) is 0 Å².